The SMILES string of the molecule is C[C@H](N)C(=O)N[C@@]1(C(=O)O)CN(S(=O)(=O)N(C)C2CC2N)C[C@@H]1CCCB(O)O. The number of rotatable bonds is 10. The summed E-state index contributed by atoms with van der Waals surface area (Å²) in [6.45, 7) is 0.803. The van der Waals surface area contributed by atoms with Crippen LogP contribution in [-0.4, -0.2) is 95.0 Å². The molecule has 0 spiro atoms. The zero-order valence-electron chi connectivity index (χ0n) is 16.6. The van der Waals surface area contributed by atoms with Gasteiger partial charge in [0.2, 0.25) is 5.91 Å². The van der Waals surface area contributed by atoms with Crippen molar-refractivity contribution in [2.24, 2.45) is 17.4 Å². The standard InChI is InChI=1S/C15H30BN5O7S/c1-9(17)13(22)19-15(14(23)24)8-21(7-10(15)4-3-5-16(25)26)29(27,28)20(2)12-6-11(12)18/h9-12,25-26H,3-8,17-18H2,1-2H3,(H,19,22)(H,23,24)/t9-,10-,11?,12?,15-/m0/s1. The maximum absolute atomic E-state index is 13.0. The highest BCUT2D eigenvalue weighted by Gasteiger charge is 2.57. The number of nitrogens with zero attached hydrogens (tertiary/aromatic N) is 2. The molecule has 0 bridgehead atoms. The highest BCUT2D eigenvalue weighted by Crippen LogP contribution is 2.37. The van der Waals surface area contributed by atoms with Crippen molar-refractivity contribution < 1.29 is 33.2 Å². The third-order valence-corrected chi connectivity index (χ3v) is 7.59. The molecule has 1 amide bonds. The van der Waals surface area contributed by atoms with Crippen LogP contribution in [0.1, 0.15) is 26.2 Å². The van der Waals surface area contributed by atoms with E-state index >= 15 is 0 Å². The second kappa shape index (κ2) is 8.84. The summed E-state index contributed by atoms with van der Waals surface area (Å²) in [6.07, 6.45) is 0.925. The van der Waals surface area contributed by atoms with E-state index in [1.807, 2.05) is 0 Å². The first-order valence-corrected chi connectivity index (χ1v) is 10.9. The second-order valence-corrected chi connectivity index (χ2v) is 9.93. The Morgan fingerprint density at radius 3 is 2.45 bits per heavy atom. The number of carboxylic acid groups (broad SMARTS) is 1. The molecule has 2 rings (SSSR count). The van der Waals surface area contributed by atoms with Gasteiger partial charge in [0.15, 0.2) is 5.54 Å². The topological polar surface area (TPSA) is 200 Å². The molecule has 14 heteroatoms. The summed E-state index contributed by atoms with van der Waals surface area (Å²) in [4.78, 5) is 24.4. The van der Waals surface area contributed by atoms with E-state index in [1.165, 1.54) is 14.0 Å². The maximum Gasteiger partial charge on any atom is 0.451 e. The molecule has 2 unspecified atom stereocenters. The van der Waals surface area contributed by atoms with E-state index in [0.717, 1.165) is 8.61 Å². The van der Waals surface area contributed by atoms with Crippen molar-refractivity contribution in [3.05, 3.63) is 0 Å². The highest BCUT2D eigenvalue weighted by atomic mass is 32.2. The summed E-state index contributed by atoms with van der Waals surface area (Å²) in [5.41, 5.74) is 9.44. The lowest BCUT2D eigenvalue weighted by atomic mass is 9.78. The van der Waals surface area contributed by atoms with E-state index in [4.69, 9.17) is 21.5 Å². The zero-order chi connectivity index (χ0) is 22.1. The van der Waals surface area contributed by atoms with Gasteiger partial charge in [-0.3, -0.25) is 4.79 Å². The molecule has 1 heterocycles. The van der Waals surface area contributed by atoms with Gasteiger partial charge in [-0.25, -0.2) is 4.79 Å². The summed E-state index contributed by atoms with van der Waals surface area (Å²) in [6, 6.07) is -1.59. The van der Waals surface area contributed by atoms with Crippen LogP contribution >= 0.6 is 0 Å². The molecule has 1 aliphatic heterocycles. The van der Waals surface area contributed by atoms with Gasteiger partial charge in [0, 0.05) is 38.1 Å². The molecule has 29 heavy (non-hydrogen) atoms. The van der Waals surface area contributed by atoms with Crippen molar-refractivity contribution in [3.8, 4) is 0 Å². The third-order valence-electron chi connectivity index (χ3n) is 5.67. The number of carbonyl (C=O) groups excluding carboxylic acids is 1. The summed E-state index contributed by atoms with van der Waals surface area (Å²) in [5.74, 6) is -2.86. The quantitative estimate of drug-likeness (QED) is 0.191. The first-order chi connectivity index (χ1) is 13.3. The molecule has 0 radical (unpaired) electrons. The van der Waals surface area contributed by atoms with Crippen molar-refractivity contribution in [2.75, 3.05) is 20.1 Å². The molecular formula is C15H30BN5O7S. The van der Waals surface area contributed by atoms with Gasteiger partial charge in [0.1, 0.15) is 0 Å². The lowest BCUT2D eigenvalue weighted by molar-refractivity contribution is -0.149. The minimum absolute atomic E-state index is 0.00296. The van der Waals surface area contributed by atoms with Crippen LogP contribution in [0.3, 0.4) is 0 Å². The van der Waals surface area contributed by atoms with Gasteiger partial charge in [-0.05, 0) is 26.1 Å². The normalized spacial score (nSPS) is 30.9. The number of nitrogens with two attached hydrogens (primary N) is 2. The fraction of sp³-hybridized carbons (Fsp3) is 0.867. The van der Waals surface area contributed by atoms with Crippen LogP contribution in [0.25, 0.3) is 0 Å². The van der Waals surface area contributed by atoms with Gasteiger partial charge in [-0.2, -0.15) is 17.0 Å². The molecule has 0 aromatic rings. The van der Waals surface area contributed by atoms with Gasteiger partial charge in [-0.15, -0.1) is 0 Å². The summed E-state index contributed by atoms with van der Waals surface area (Å²) in [5, 5.41) is 30.5. The van der Waals surface area contributed by atoms with Crippen LogP contribution in [0.4, 0.5) is 0 Å². The van der Waals surface area contributed by atoms with Crippen molar-refractivity contribution in [1.29, 1.82) is 0 Å². The van der Waals surface area contributed by atoms with Crippen molar-refractivity contribution in [3.63, 3.8) is 0 Å². The number of hydrogen-bond donors (Lipinski definition) is 6. The molecule has 1 saturated heterocycles. The highest BCUT2D eigenvalue weighted by molar-refractivity contribution is 7.86. The van der Waals surface area contributed by atoms with Gasteiger partial charge in [0.25, 0.3) is 10.2 Å². The van der Waals surface area contributed by atoms with Gasteiger partial charge in [0.05, 0.1) is 6.04 Å². The van der Waals surface area contributed by atoms with Crippen LogP contribution in [0.15, 0.2) is 0 Å². The van der Waals surface area contributed by atoms with E-state index in [2.05, 4.69) is 5.32 Å². The van der Waals surface area contributed by atoms with E-state index in [1.54, 1.807) is 0 Å². The van der Waals surface area contributed by atoms with E-state index < -0.39 is 53.2 Å². The Hall–Kier alpha value is -1.29. The fourth-order valence-corrected chi connectivity index (χ4v) is 5.36. The zero-order valence-corrected chi connectivity index (χ0v) is 17.4. The van der Waals surface area contributed by atoms with Crippen molar-refractivity contribution >= 4 is 29.2 Å². The Morgan fingerprint density at radius 2 is 2.00 bits per heavy atom. The van der Waals surface area contributed by atoms with Crippen molar-refractivity contribution in [1.82, 2.24) is 13.9 Å². The largest absolute Gasteiger partial charge is 0.479 e. The average molecular weight is 435 g/mol. The molecule has 166 valence electrons. The Labute approximate surface area is 170 Å². The third kappa shape index (κ3) is 5.07. The molecule has 2 aliphatic rings. The van der Waals surface area contributed by atoms with Crippen molar-refractivity contribution in [2.45, 2.75) is 56.2 Å². The Balaban J connectivity index is 2.31. The lowest BCUT2D eigenvalue weighted by Gasteiger charge is -2.32. The minimum atomic E-state index is -4.00. The Bertz CT molecular complexity index is 737. The number of carbonyl (C=O) groups is 2. The minimum Gasteiger partial charge on any atom is -0.479 e. The molecule has 8 N–H and O–H groups in total. The fourth-order valence-electron chi connectivity index (χ4n) is 3.68. The Kier molecular flexibility index (Phi) is 7.31. The molecule has 5 atom stereocenters. The first kappa shape index (κ1) is 24.0. The van der Waals surface area contributed by atoms with Crippen LogP contribution in [0.2, 0.25) is 6.32 Å². The average Bonchev–Trinajstić information content (AvgIpc) is 3.21. The molecule has 0 aromatic heterocycles. The Morgan fingerprint density at radius 1 is 1.41 bits per heavy atom. The number of carboxylic acids is 1. The summed E-state index contributed by atoms with van der Waals surface area (Å²) < 4.78 is 28.2. The monoisotopic (exact) mass is 435 g/mol. The van der Waals surface area contributed by atoms with Gasteiger partial charge < -0.3 is 31.9 Å². The number of amides is 1. The smallest absolute Gasteiger partial charge is 0.451 e. The molecule has 1 saturated carbocycles. The molecule has 12 nitrogen and oxygen atoms in total. The predicted molar refractivity (Wildman–Crippen MR) is 105 cm³/mol. The van der Waals surface area contributed by atoms with Crippen LogP contribution in [0.5, 0.6) is 0 Å². The first-order valence-electron chi connectivity index (χ1n) is 9.48. The van der Waals surface area contributed by atoms with Crippen LogP contribution < -0.4 is 16.8 Å². The molecule has 2 fully saturated rings. The molecule has 0 aromatic carbocycles. The van der Waals surface area contributed by atoms with Gasteiger partial charge in [-0.1, -0.05) is 6.42 Å². The van der Waals surface area contributed by atoms with Crippen LogP contribution in [-0.2, 0) is 19.8 Å². The van der Waals surface area contributed by atoms with E-state index in [0.29, 0.717) is 6.42 Å². The molecular weight excluding hydrogens is 405 g/mol. The summed E-state index contributed by atoms with van der Waals surface area (Å²) >= 11 is 0. The van der Waals surface area contributed by atoms with E-state index in [9.17, 15) is 23.1 Å². The number of nitrogens with one attached hydrogen (secondary N) is 1. The number of aliphatic carboxylic acids is 1. The maximum atomic E-state index is 13.0. The van der Waals surface area contributed by atoms with Gasteiger partial charge >= 0.3 is 13.1 Å². The van der Waals surface area contributed by atoms with E-state index in [-0.39, 0.29) is 37.8 Å². The second-order valence-electron chi connectivity index (χ2n) is 7.95. The number of hydrogen-bond acceptors (Lipinski definition) is 8. The van der Waals surface area contributed by atoms with Crippen LogP contribution in [0, 0.1) is 5.92 Å². The lowest BCUT2D eigenvalue weighted by Crippen LogP contribution is -2.62. The number of likely N-dealkylation sites (N-methyl/N-ethyl adjacent to an activating group) is 1. The predicted octanol–water partition coefficient (Wildman–Crippen LogP) is -3.27. The molecule has 1 aliphatic carbocycles. The summed E-state index contributed by atoms with van der Waals surface area (Å²) in [7, 11) is -4.17.